The minimum Gasteiger partial charge on any atom is -0.379 e. The lowest BCUT2D eigenvalue weighted by Gasteiger charge is -2.26. The first-order valence-electron chi connectivity index (χ1n) is 10.2. The molecule has 156 valence electrons. The van der Waals surface area contributed by atoms with Crippen molar-refractivity contribution in [2.75, 3.05) is 52.5 Å². The molecule has 0 radical (unpaired) electrons. The quantitative estimate of drug-likeness (QED) is 0.772. The molecule has 8 heteroatoms. The van der Waals surface area contributed by atoms with E-state index in [2.05, 4.69) is 10.2 Å². The van der Waals surface area contributed by atoms with E-state index < -0.39 is 10.0 Å². The SMILES string of the molecule is Cc1ccc(S(=O)(=O)N2CCOCC2)cc1C(=O)NCCN1CCCCCC1. The van der Waals surface area contributed by atoms with E-state index in [1.165, 1.54) is 36.1 Å². The Bertz CT molecular complexity index is 768. The molecule has 1 N–H and O–H groups in total. The maximum absolute atomic E-state index is 12.9. The molecule has 1 aromatic carbocycles. The third-order valence-electron chi connectivity index (χ3n) is 5.47. The standard InChI is InChI=1S/C20H31N3O4S/c1-17-6-7-18(28(25,26)23-12-14-27-15-13-23)16-19(17)20(24)21-8-11-22-9-4-2-3-5-10-22/h6-7,16H,2-5,8-15H2,1H3,(H,21,24). The lowest BCUT2D eigenvalue weighted by Crippen LogP contribution is -2.40. The molecule has 0 aromatic heterocycles. The maximum atomic E-state index is 12.9. The van der Waals surface area contributed by atoms with Gasteiger partial charge in [-0.2, -0.15) is 4.31 Å². The molecule has 0 bridgehead atoms. The molecule has 1 amide bonds. The van der Waals surface area contributed by atoms with Crippen molar-refractivity contribution < 1.29 is 17.9 Å². The van der Waals surface area contributed by atoms with E-state index in [0.29, 0.717) is 38.4 Å². The third-order valence-corrected chi connectivity index (χ3v) is 7.37. The average molecular weight is 410 g/mol. The number of carbonyl (C=O) groups is 1. The van der Waals surface area contributed by atoms with Gasteiger partial charge in [-0.3, -0.25) is 4.79 Å². The van der Waals surface area contributed by atoms with Crippen LogP contribution in [0.4, 0.5) is 0 Å². The second-order valence-corrected chi connectivity index (χ2v) is 9.44. The molecule has 3 rings (SSSR count). The van der Waals surface area contributed by atoms with Gasteiger partial charge in [0.15, 0.2) is 0 Å². The maximum Gasteiger partial charge on any atom is 0.251 e. The van der Waals surface area contributed by atoms with Crippen molar-refractivity contribution >= 4 is 15.9 Å². The molecule has 0 aliphatic carbocycles. The fourth-order valence-electron chi connectivity index (χ4n) is 3.72. The van der Waals surface area contributed by atoms with E-state index >= 15 is 0 Å². The number of hydrogen-bond donors (Lipinski definition) is 1. The van der Waals surface area contributed by atoms with Gasteiger partial charge in [-0.1, -0.05) is 18.9 Å². The zero-order valence-electron chi connectivity index (χ0n) is 16.7. The number of nitrogens with one attached hydrogen (secondary N) is 1. The zero-order valence-corrected chi connectivity index (χ0v) is 17.5. The van der Waals surface area contributed by atoms with E-state index in [0.717, 1.165) is 25.2 Å². The summed E-state index contributed by atoms with van der Waals surface area (Å²) in [5.41, 5.74) is 1.19. The van der Waals surface area contributed by atoms with Crippen LogP contribution in [0.5, 0.6) is 0 Å². The van der Waals surface area contributed by atoms with Crippen molar-refractivity contribution in [1.29, 1.82) is 0 Å². The summed E-state index contributed by atoms with van der Waals surface area (Å²) in [5, 5.41) is 2.96. The summed E-state index contributed by atoms with van der Waals surface area (Å²) in [6.45, 7) is 6.87. The highest BCUT2D eigenvalue weighted by molar-refractivity contribution is 7.89. The normalized spacial score (nSPS) is 19.9. The van der Waals surface area contributed by atoms with E-state index in [1.54, 1.807) is 12.1 Å². The first-order chi connectivity index (χ1) is 13.5. The minimum absolute atomic E-state index is 0.165. The number of morpholine rings is 1. The van der Waals surface area contributed by atoms with Gasteiger partial charge in [-0.25, -0.2) is 8.42 Å². The zero-order chi connectivity index (χ0) is 20.0. The summed E-state index contributed by atoms with van der Waals surface area (Å²) in [6, 6.07) is 4.78. The van der Waals surface area contributed by atoms with Crippen molar-refractivity contribution in [3.63, 3.8) is 0 Å². The number of rotatable bonds is 6. The second-order valence-electron chi connectivity index (χ2n) is 7.50. The number of aryl methyl sites for hydroxylation is 1. The Kier molecular flexibility index (Phi) is 7.45. The average Bonchev–Trinajstić information content (AvgIpc) is 2.97. The summed E-state index contributed by atoms with van der Waals surface area (Å²) in [7, 11) is -3.61. The molecule has 2 heterocycles. The summed E-state index contributed by atoms with van der Waals surface area (Å²) >= 11 is 0. The van der Waals surface area contributed by atoms with Gasteiger partial charge >= 0.3 is 0 Å². The number of carbonyl (C=O) groups excluding carboxylic acids is 1. The summed E-state index contributed by atoms with van der Waals surface area (Å²) < 4.78 is 32.4. The monoisotopic (exact) mass is 409 g/mol. The molecule has 1 aromatic rings. The number of amides is 1. The molecular weight excluding hydrogens is 378 g/mol. The lowest BCUT2D eigenvalue weighted by molar-refractivity contribution is 0.0730. The predicted molar refractivity (Wildman–Crippen MR) is 108 cm³/mol. The fourth-order valence-corrected chi connectivity index (χ4v) is 5.16. The van der Waals surface area contributed by atoms with Crippen molar-refractivity contribution in [2.24, 2.45) is 0 Å². The molecule has 0 saturated carbocycles. The van der Waals surface area contributed by atoms with Gasteiger partial charge in [0.2, 0.25) is 10.0 Å². The highest BCUT2D eigenvalue weighted by Crippen LogP contribution is 2.20. The second kappa shape index (κ2) is 9.82. The largest absolute Gasteiger partial charge is 0.379 e. The molecule has 2 saturated heterocycles. The minimum atomic E-state index is -3.61. The highest BCUT2D eigenvalue weighted by Gasteiger charge is 2.27. The molecule has 28 heavy (non-hydrogen) atoms. The number of benzene rings is 1. The Labute approximate surface area is 168 Å². The topological polar surface area (TPSA) is 78.9 Å². The summed E-state index contributed by atoms with van der Waals surface area (Å²) in [5.74, 6) is -0.216. The van der Waals surface area contributed by atoms with Crippen LogP contribution in [0.2, 0.25) is 0 Å². The van der Waals surface area contributed by atoms with Crippen LogP contribution in [0.25, 0.3) is 0 Å². The highest BCUT2D eigenvalue weighted by atomic mass is 32.2. The number of sulfonamides is 1. The number of likely N-dealkylation sites (tertiary alicyclic amines) is 1. The van der Waals surface area contributed by atoms with Gasteiger partial charge in [-0.05, 0) is 50.6 Å². The molecular formula is C20H31N3O4S. The smallest absolute Gasteiger partial charge is 0.251 e. The summed E-state index contributed by atoms with van der Waals surface area (Å²) in [6.07, 6.45) is 5.00. The first-order valence-corrected chi connectivity index (χ1v) is 11.6. The van der Waals surface area contributed by atoms with Crippen LogP contribution in [-0.4, -0.2) is 76.0 Å². The van der Waals surface area contributed by atoms with Gasteiger partial charge in [-0.15, -0.1) is 0 Å². The molecule has 7 nitrogen and oxygen atoms in total. The van der Waals surface area contributed by atoms with Crippen LogP contribution < -0.4 is 5.32 Å². The molecule has 2 fully saturated rings. The van der Waals surface area contributed by atoms with Gasteiger partial charge in [0.25, 0.3) is 5.91 Å². The van der Waals surface area contributed by atoms with Crippen LogP contribution in [0.3, 0.4) is 0 Å². The number of hydrogen-bond acceptors (Lipinski definition) is 5. The van der Waals surface area contributed by atoms with Gasteiger partial charge in [0.05, 0.1) is 18.1 Å². The van der Waals surface area contributed by atoms with Crippen LogP contribution in [0.15, 0.2) is 23.1 Å². The Hall–Kier alpha value is -1.48. The van der Waals surface area contributed by atoms with Crippen LogP contribution in [0, 0.1) is 6.92 Å². The van der Waals surface area contributed by atoms with E-state index in [1.807, 2.05) is 6.92 Å². The van der Waals surface area contributed by atoms with Gasteiger partial charge in [0, 0.05) is 31.7 Å². The van der Waals surface area contributed by atoms with E-state index in [4.69, 9.17) is 4.74 Å². The lowest BCUT2D eigenvalue weighted by atomic mass is 10.1. The molecule has 2 aliphatic rings. The molecule has 0 spiro atoms. The molecule has 0 unspecified atom stereocenters. The van der Waals surface area contributed by atoms with E-state index in [9.17, 15) is 13.2 Å². The van der Waals surface area contributed by atoms with Crippen molar-refractivity contribution in [3.05, 3.63) is 29.3 Å². The van der Waals surface area contributed by atoms with Gasteiger partial charge < -0.3 is 15.0 Å². The van der Waals surface area contributed by atoms with Crippen LogP contribution in [0.1, 0.15) is 41.6 Å². The van der Waals surface area contributed by atoms with Crippen molar-refractivity contribution in [3.8, 4) is 0 Å². The Morgan fingerprint density at radius 2 is 1.75 bits per heavy atom. The van der Waals surface area contributed by atoms with Gasteiger partial charge in [0.1, 0.15) is 0 Å². The number of nitrogens with zero attached hydrogens (tertiary/aromatic N) is 2. The summed E-state index contributed by atoms with van der Waals surface area (Å²) in [4.78, 5) is 15.2. The molecule has 0 atom stereocenters. The Morgan fingerprint density at radius 3 is 2.43 bits per heavy atom. The van der Waals surface area contributed by atoms with Crippen LogP contribution in [-0.2, 0) is 14.8 Å². The molecule has 2 aliphatic heterocycles. The Morgan fingerprint density at radius 1 is 1.07 bits per heavy atom. The van der Waals surface area contributed by atoms with E-state index in [-0.39, 0.29) is 10.8 Å². The number of ether oxygens (including phenoxy) is 1. The first kappa shape index (κ1) is 21.2. The fraction of sp³-hybridized carbons (Fsp3) is 0.650. The predicted octanol–water partition coefficient (Wildman–Crippen LogP) is 1.62. The Balaban J connectivity index is 1.64. The van der Waals surface area contributed by atoms with Crippen molar-refractivity contribution in [2.45, 2.75) is 37.5 Å². The van der Waals surface area contributed by atoms with Crippen LogP contribution >= 0.6 is 0 Å². The van der Waals surface area contributed by atoms with Crippen molar-refractivity contribution in [1.82, 2.24) is 14.5 Å². The third kappa shape index (κ3) is 5.31.